The van der Waals surface area contributed by atoms with E-state index >= 15 is 0 Å². The predicted molar refractivity (Wildman–Crippen MR) is 146 cm³/mol. The van der Waals surface area contributed by atoms with Crippen molar-refractivity contribution in [2.75, 3.05) is 12.3 Å². The van der Waals surface area contributed by atoms with Crippen LogP contribution in [0, 0.1) is 0 Å². The number of rotatable bonds is 11. The molecule has 8 N–H and O–H groups in total. The van der Waals surface area contributed by atoms with Crippen molar-refractivity contribution in [2.24, 2.45) is 0 Å². The highest BCUT2D eigenvalue weighted by Gasteiger charge is 2.43. The number of carbonyl (C=O) groups excluding carboxylic acids is 1. The number of carbonyl (C=O) groups is 1. The molecule has 3 aromatic rings. The van der Waals surface area contributed by atoms with Crippen molar-refractivity contribution in [1.82, 2.24) is 9.55 Å². The molecule has 0 aliphatic carbocycles. The van der Waals surface area contributed by atoms with E-state index in [1.165, 1.54) is 12.3 Å². The molecule has 1 fully saturated rings. The minimum absolute atomic E-state index is 0.0537. The Morgan fingerprint density at radius 2 is 1.73 bits per heavy atom. The molecule has 0 saturated carbocycles. The van der Waals surface area contributed by atoms with Crippen molar-refractivity contribution < 1.29 is 44.9 Å². The van der Waals surface area contributed by atoms with Gasteiger partial charge in [-0.25, -0.2) is 4.79 Å². The van der Waals surface area contributed by atoms with E-state index in [-0.39, 0.29) is 18.5 Å². The van der Waals surface area contributed by atoms with E-state index in [4.69, 9.17) is 20.3 Å². The number of aliphatic hydroxyl groups is 6. The van der Waals surface area contributed by atoms with Crippen LogP contribution in [0.3, 0.4) is 0 Å². The molecule has 3 unspecified atom stereocenters. The van der Waals surface area contributed by atoms with Crippen LogP contribution in [0.25, 0.3) is 0 Å². The number of aromatic nitrogens is 2. The van der Waals surface area contributed by atoms with Crippen molar-refractivity contribution in [3.8, 4) is 5.75 Å². The number of nitrogen functional groups attached to an aromatic ring is 1. The maximum absolute atomic E-state index is 11.5. The summed E-state index contributed by atoms with van der Waals surface area (Å²) in [6.07, 6.45) is -6.54. The molecule has 7 atom stereocenters. The van der Waals surface area contributed by atoms with Gasteiger partial charge in [0, 0.05) is 6.20 Å². The van der Waals surface area contributed by atoms with E-state index in [2.05, 4.69) is 4.98 Å². The van der Waals surface area contributed by atoms with Gasteiger partial charge in [0.2, 0.25) is 0 Å². The lowest BCUT2D eigenvalue weighted by Crippen LogP contribution is -2.38. The molecule has 1 saturated heterocycles. The van der Waals surface area contributed by atoms with Gasteiger partial charge >= 0.3 is 5.69 Å². The molecule has 1 aliphatic rings. The first-order valence-electron chi connectivity index (χ1n) is 12.9. The molecule has 4 rings (SSSR count). The summed E-state index contributed by atoms with van der Waals surface area (Å²) in [5, 5.41) is 56.7. The predicted octanol–water partition coefficient (Wildman–Crippen LogP) is -1.08. The smallest absolute Gasteiger partial charge is 0.351 e. The quantitative estimate of drug-likeness (QED) is 0.136. The Morgan fingerprint density at radius 1 is 1.02 bits per heavy atom. The van der Waals surface area contributed by atoms with Gasteiger partial charge in [-0.15, -0.1) is 0 Å². The van der Waals surface area contributed by atoms with Crippen LogP contribution in [0.15, 0.2) is 71.7 Å². The molecular formula is C28H35N3O10. The fourth-order valence-electron chi connectivity index (χ4n) is 4.05. The summed E-state index contributed by atoms with van der Waals surface area (Å²) in [7, 11) is 0. The number of benzene rings is 2. The number of hydrogen-bond donors (Lipinski definition) is 7. The largest absolute Gasteiger partial charge is 0.489 e. The number of nitrogens with two attached hydrogens (primary N) is 1. The monoisotopic (exact) mass is 573 g/mol. The summed E-state index contributed by atoms with van der Waals surface area (Å²) in [5.74, 6) is 0.775. The van der Waals surface area contributed by atoms with Gasteiger partial charge in [0.1, 0.15) is 48.7 Å². The third-order valence-electron chi connectivity index (χ3n) is 6.40. The Balaban J connectivity index is 0.000000239. The number of aryl methyl sites for hydroxylation is 1. The van der Waals surface area contributed by atoms with Crippen LogP contribution >= 0.6 is 0 Å². The minimum Gasteiger partial charge on any atom is -0.489 e. The second kappa shape index (κ2) is 15.3. The van der Waals surface area contributed by atoms with Gasteiger partial charge in [0.15, 0.2) is 12.5 Å². The van der Waals surface area contributed by atoms with Crippen LogP contribution in [-0.4, -0.2) is 89.7 Å². The number of aliphatic hydroxyl groups excluding tert-OH is 6. The van der Waals surface area contributed by atoms with Gasteiger partial charge in [-0.2, -0.15) is 4.98 Å². The summed E-state index contributed by atoms with van der Waals surface area (Å²) in [5.41, 5.74) is 6.64. The molecule has 13 heteroatoms. The summed E-state index contributed by atoms with van der Waals surface area (Å²) >= 11 is 0. The normalized spacial score (nSPS) is 22.2. The molecule has 0 amide bonds. The lowest BCUT2D eigenvalue weighted by molar-refractivity contribution is -0.126. The van der Waals surface area contributed by atoms with Crippen molar-refractivity contribution >= 4 is 12.1 Å². The first kappa shape index (κ1) is 31.8. The third kappa shape index (κ3) is 8.90. The molecule has 1 aliphatic heterocycles. The lowest BCUT2D eigenvalue weighted by Gasteiger charge is -2.19. The van der Waals surface area contributed by atoms with Crippen molar-refractivity contribution in [3.05, 3.63) is 88.5 Å². The Labute approximate surface area is 235 Å². The van der Waals surface area contributed by atoms with Gasteiger partial charge in [0.25, 0.3) is 0 Å². The summed E-state index contributed by atoms with van der Waals surface area (Å²) in [6.45, 7) is 0.0169. The topological polar surface area (TPSA) is 218 Å². The summed E-state index contributed by atoms with van der Waals surface area (Å²) in [6, 6.07) is 18.7. The molecular weight excluding hydrogens is 538 g/mol. The Kier molecular flexibility index (Phi) is 11.9. The average molecular weight is 574 g/mol. The van der Waals surface area contributed by atoms with Crippen LogP contribution in [0.2, 0.25) is 0 Å². The second-order valence-corrected chi connectivity index (χ2v) is 9.42. The number of hydrogen-bond acceptors (Lipinski definition) is 12. The Bertz CT molecular complexity index is 1290. The van der Waals surface area contributed by atoms with Gasteiger partial charge in [-0.3, -0.25) is 4.57 Å². The maximum Gasteiger partial charge on any atom is 0.351 e. The number of aldehydes is 1. The highest BCUT2D eigenvalue weighted by Crippen LogP contribution is 2.28. The molecule has 2 heterocycles. The van der Waals surface area contributed by atoms with E-state index in [1.807, 2.05) is 54.6 Å². The van der Waals surface area contributed by atoms with Crippen LogP contribution in [0.5, 0.6) is 5.75 Å². The number of ether oxygens (including phenoxy) is 2. The van der Waals surface area contributed by atoms with Crippen molar-refractivity contribution in [2.45, 2.75) is 62.3 Å². The van der Waals surface area contributed by atoms with Crippen LogP contribution in [0.1, 0.15) is 23.8 Å². The highest BCUT2D eigenvalue weighted by atomic mass is 16.6. The van der Waals surface area contributed by atoms with Gasteiger partial charge in [-0.05, 0) is 42.2 Å². The SMILES string of the molecule is Nc1ccn([C@@H]2O[C@H](CO)[C@@H](O)[C@H]2O)c(=O)n1.O=CC(O)C(O)C(O)CCc1cccc(OCc2ccccc2)c1. The minimum atomic E-state index is -1.57. The maximum atomic E-state index is 11.5. The van der Waals surface area contributed by atoms with E-state index < -0.39 is 55.1 Å². The Morgan fingerprint density at radius 3 is 2.37 bits per heavy atom. The van der Waals surface area contributed by atoms with Crippen LogP contribution < -0.4 is 16.2 Å². The summed E-state index contributed by atoms with van der Waals surface area (Å²) < 4.78 is 11.9. The first-order valence-corrected chi connectivity index (χ1v) is 12.9. The molecule has 0 radical (unpaired) electrons. The molecule has 0 spiro atoms. The fraction of sp³-hybridized carbons (Fsp3) is 0.393. The zero-order valence-corrected chi connectivity index (χ0v) is 22.1. The second-order valence-electron chi connectivity index (χ2n) is 9.42. The zero-order chi connectivity index (χ0) is 29.9. The summed E-state index contributed by atoms with van der Waals surface area (Å²) in [4.78, 5) is 25.4. The van der Waals surface area contributed by atoms with Gasteiger partial charge in [-0.1, -0.05) is 42.5 Å². The van der Waals surface area contributed by atoms with Crippen molar-refractivity contribution in [1.29, 1.82) is 0 Å². The molecule has 13 nitrogen and oxygen atoms in total. The standard InChI is InChI=1S/C19H22O5.C9H13N3O5/c20-12-18(22)19(23)17(21)10-9-14-7-4-8-16(11-14)24-13-15-5-2-1-3-6-15;10-5-1-2-12(9(16)11-5)8-7(15)6(14)4(3-13)17-8/h1-8,11-12,17-19,21-23H,9-10,13H2;1-2,4,6-8,13-15H,3H2,(H2,10,11,16)/t;4-,6-,7-,8-/m.1/s1. The van der Waals surface area contributed by atoms with E-state index in [1.54, 1.807) is 0 Å². The molecule has 1 aromatic heterocycles. The Hall–Kier alpha value is -3.69. The highest BCUT2D eigenvalue weighted by molar-refractivity contribution is 5.56. The molecule has 0 bridgehead atoms. The molecule has 222 valence electrons. The van der Waals surface area contributed by atoms with E-state index in [0.29, 0.717) is 13.0 Å². The van der Waals surface area contributed by atoms with Crippen molar-refractivity contribution in [3.63, 3.8) is 0 Å². The fourth-order valence-corrected chi connectivity index (χ4v) is 4.05. The number of anilines is 1. The third-order valence-corrected chi connectivity index (χ3v) is 6.40. The molecule has 2 aromatic carbocycles. The van der Waals surface area contributed by atoms with Crippen LogP contribution in [0.4, 0.5) is 5.82 Å². The van der Waals surface area contributed by atoms with E-state index in [0.717, 1.165) is 21.4 Å². The lowest BCUT2D eigenvalue weighted by atomic mass is 10.0. The zero-order valence-electron chi connectivity index (χ0n) is 22.1. The molecule has 41 heavy (non-hydrogen) atoms. The average Bonchev–Trinajstić information content (AvgIpc) is 3.27. The number of nitrogens with zero attached hydrogens (tertiary/aromatic N) is 2. The first-order chi connectivity index (χ1) is 19.6. The van der Waals surface area contributed by atoms with E-state index in [9.17, 15) is 35.1 Å². The van der Waals surface area contributed by atoms with Gasteiger partial charge in [0.05, 0.1) is 12.7 Å². The van der Waals surface area contributed by atoms with Gasteiger partial charge < -0.3 is 50.6 Å². The van der Waals surface area contributed by atoms with Crippen LogP contribution in [-0.2, 0) is 22.6 Å².